The highest BCUT2D eigenvalue weighted by molar-refractivity contribution is 9.13. The van der Waals surface area contributed by atoms with Gasteiger partial charge in [0.1, 0.15) is 18.4 Å². The molecule has 74 valence electrons. The number of hydrogen-bond acceptors (Lipinski definition) is 2. The maximum absolute atomic E-state index is 4.21. The number of nitrogens with zero attached hydrogens (tertiary/aromatic N) is 2. The van der Waals surface area contributed by atoms with Gasteiger partial charge in [0, 0.05) is 0 Å². The first-order chi connectivity index (χ1) is 6.58. The number of aromatic amines is 2. The summed E-state index contributed by atoms with van der Waals surface area (Å²) in [4.78, 5) is 14.5. The van der Waals surface area contributed by atoms with Gasteiger partial charge in [-0.3, -0.25) is 0 Å². The maximum atomic E-state index is 4.21. The molecular formula is C6H2Br4N4. The first-order valence-corrected chi connectivity index (χ1v) is 6.57. The number of imidazole rings is 2. The fourth-order valence-corrected chi connectivity index (χ4v) is 1.99. The van der Waals surface area contributed by atoms with Crippen LogP contribution >= 0.6 is 63.7 Å². The van der Waals surface area contributed by atoms with Crippen LogP contribution in [0.1, 0.15) is 0 Å². The molecule has 0 aliphatic carbocycles. The standard InChI is InChI=1S/C6H2Br4N4/c7-1-2(8)12-5(11-1)6-13-3(9)4(10)14-6/h(H,11,12)(H,13,14). The van der Waals surface area contributed by atoms with E-state index in [4.69, 9.17) is 0 Å². The zero-order valence-electron chi connectivity index (χ0n) is 6.41. The minimum absolute atomic E-state index is 0.662. The van der Waals surface area contributed by atoms with Gasteiger partial charge in [-0.1, -0.05) is 0 Å². The van der Waals surface area contributed by atoms with Gasteiger partial charge in [-0.05, 0) is 63.7 Å². The Balaban J connectivity index is 2.49. The van der Waals surface area contributed by atoms with Crippen molar-refractivity contribution in [2.75, 3.05) is 0 Å². The van der Waals surface area contributed by atoms with Crippen LogP contribution in [0.4, 0.5) is 0 Å². The smallest absolute Gasteiger partial charge is 0.175 e. The Kier molecular flexibility index (Phi) is 3.15. The molecule has 2 aromatic rings. The van der Waals surface area contributed by atoms with Crippen molar-refractivity contribution in [3.63, 3.8) is 0 Å². The van der Waals surface area contributed by atoms with Crippen LogP contribution in [0.25, 0.3) is 11.6 Å². The average Bonchev–Trinajstić information content (AvgIpc) is 2.60. The Morgan fingerprint density at radius 1 is 0.714 bits per heavy atom. The van der Waals surface area contributed by atoms with Gasteiger partial charge in [-0.15, -0.1) is 0 Å². The molecule has 0 aromatic carbocycles. The SMILES string of the molecule is Brc1nc(-c2nc(Br)c(Br)[nH]2)[nH]c1Br. The van der Waals surface area contributed by atoms with Gasteiger partial charge in [-0.25, -0.2) is 9.97 Å². The summed E-state index contributed by atoms with van der Waals surface area (Å²) in [6.07, 6.45) is 0. The monoisotopic (exact) mass is 446 g/mol. The van der Waals surface area contributed by atoms with E-state index in [0.29, 0.717) is 11.6 Å². The van der Waals surface area contributed by atoms with Crippen LogP contribution in [0.3, 0.4) is 0 Å². The van der Waals surface area contributed by atoms with Crippen molar-refractivity contribution in [3.05, 3.63) is 18.4 Å². The lowest BCUT2D eigenvalue weighted by Crippen LogP contribution is -1.82. The lowest BCUT2D eigenvalue weighted by atomic mass is 10.6. The van der Waals surface area contributed by atoms with E-state index in [1.807, 2.05) is 0 Å². The summed E-state index contributed by atoms with van der Waals surface area (Å²) < 4.78 is 3.01. The molecule has 0 aliphatic rings. The molecule has 0 bridgehead atoms. The Bertz CT molecular complexity index is 391. The molecule has 2 N–H and O–H groups in total. The van der Waals surface area contributed by atoms with Gasteiger partial charge in [0.25, 0.3) is 0 Å². The normalized spacial score (nSPS) is 10.9. The van der Waals surface area contributed by atoms with E-state index >= 15 is 0 Å². The van der Waals surface area contributed by atoms with E-state index < -0.39 is 0 Å². The first kappa shape index (κ1) is 10.8. The molecule has 14 heavy (non-hydrogen) atoms. The van der Waals surface area contributed by atoms with Crippen LogP contribution in [0.15, 0.2) is 18.4 Å². The van der Waals surface area contributed by atoms with Crippen molar-refractivity contribution in [2.45, 2.75) is 0 Å². The van der Waals surface area contributed by atoms with Crippen molar-refractivity contribution in [2.24, 2.45) is 0 Å². The Morgan fingerprint density at radius 2 is 1.07 bits per heavy atom. The summed E-state index contributed by atoms with van der Waals surface area (Å²) in [6, 6.07) is 0. The molecule has 0 radical (unpaired) electrons. The van der Waals surface area contributed by atoms with E-state index in [2.05, 4.69) is 83.7 Å². The van der Waals surface area contributed by atoms with Crippen LogP contribution < -0.4 is 0 Å². The molecule has 0 fully saturated rings. The van der Waals surface area contributed by atoms with Gasteiger partial charge in [0.15, 0.2) is 11.6 Å². The summed E-state index contributed by atoms with van der Waals surface area (Å²) in [5.41, 5.74) is 0. The lowest BCUT2D eigenvalue weighted by molar-refractivity contribution is 1.18. The third kappa shape index (κ3) is 1.98. The first-order valence-electron chi connectivity index (χ1n) is 3.40. The van der Waals surface area contributed by atoms with Crippen molar-refractivity contribution in [1.29, 1.82) is 0 Å². The van der Waals surface area contributed by atoms with Crippen LogP contribution in [0.5, 0.6) is 0 Å². The molecule has 0 amide bonds. The van der Waals surface area contributed by atoms with Gasteiger partial charge in [0.05, 0.1) is 0 Å². The summed E-state index contributed by atoms with van der Waals surface area (Å²) in [5, 5.41) is 0. The summed E-state index contributed by atoms with van der Waals surface area (Å²) >= 11 is 13.2. The van der Waals surface area contributed by atoms with Gasteiger partial charge < -0.3 is 9.97 Å². The second-order valence-electron chi connectivity index (χ2n) is 2.38. The molecule has 0 unspecified atom stereocenters. The molecule has 8 heteroatoms. The zero-order chi connectivity index (χ0) is 10.3. The molecule has 0 saturated carbocycles. The van der Waals surface area contributed by atoms with Crippen LogP contribution in [-0.4, -0.2) is 19.9 Å². The second-order valence-corrected chi connectivity index (χ2v) is 5.47. The van der Waals surface area contributed by atoms with Crippen LogP contribution in [0.2, 0.25) is 0 Å². The van der Waals surface area contributed by atoms with Gasteiger partial charge in [0.2, 0.25) is 0 Å². The topological polar surface area (TPSA) is 57.4 Å². The van der Waals surface area contributed by atoms with Crippen molar-refractivity contribution in [1.82, 2.24) is 19.9 Å². The Morgan fingerprint density at radius 3 is 1.29 bits per heavy atom. The minimum Gasteiger partial charge on any atom is -0.329 e. The number of H-pyrrole nitrogens is 2. The number of rotatable bonds is 1. The lowest BCUT2D eigenvalue weighted by Gasteiger charge is -1.86. The Labute approximate surface area is 113 Å². The zero-order valence-corrected chi connectivity index (χ0v) is 12.8. The third-order valence-electron chi connectivity index (χ3n) is 1.46. The molecule has 2 aromatic heterocycles. The molecule has 4 nitrogen and oxygen atoms in total. The molecule has 0 atom stereocenters. The van der Waals surface area contributed by atoms with Crippen LogP contribution in [-0.2, 0) is 0 Å². The second kappa shape index (κ2) is 4.07. The molecule has 2 heterocycles. The fourth-order valence-electron chi connectivity index (χ4n) is 0.886. The predicted octanol–water partition coefficient (Wildman–Crippen LogP) is 3.85. The highest BCUT2D eigenvalue weighted by Gasteiger charge is 2.12. The number of hydrogen-bond donors (Lipinski definition) is 2. The molecule has 0 spiro atoms. The average molecular weight is 450 g/mol. The molecular weight excluding hydrogens is 448 g/mol. The number of nitrogens with one attached hydrogen (secondary N) is 2. The number of halogens is 4. The van der Waals surface area contributed by atoms with E-state index in [1.54, 1.807) is 0 Å². The quantitative estimate of drug-likeness (QED) is 0.695. The van der Waals surface area contributed by atoms with Crippen LogP contribution in [0, 0.1) is 0 Å². The minimum atomic E-state index is 0.662. The molecule has 2 rings (SSSR count). The summed E-state index contributed by atoms with van der Waals surface area (Å²) in [6.45, 7) is 0. The summed E-state index contributed by atoms with van der Waals surface area (Å²) in [5.74, 6) is 1.32. The predicted molar refractivity (Wildman–Crippen MR) is 67.0 cm³/mol. The van der Waals surface area contributed by atoms with Crippen molar-refractivity contribution in [3.8, 4) is 11.6 Å². The van der Waals surface area contributed by atoms with E-state index in [9.17, 15) is 0 Å². The largest absolute Gasteiger partial charge is 0.329 e. The Hall–Kier alpha value is 0.340. The molecule has 0 aliphatic heterocycles. The maximum Gasteiger partial charge on any atom is 0.175 e. The van der Waals surface area contributed by atoms with E-state index in [1.165, 1.54) is 0 Å². The van der Waals surface area contributed by atoms with Gasteiger partial charge in [-0.2, -0.15) is 0 Å². The fraction of sp³-hybridized carbons (Fsp3) is 0. The highest BCUT2D eigenvalue weighted by atomic mass is 79.9. The van der Waals surface area contributed by atoms with E-state index in [0.717, 1.165) is 18.4 Å². The summed E-state index contributed by atoms with van der Waals surface area (Å²) in [7, 11) is 0. The number of aromatic nitrogens is 4. The molecule has 0 saturated heterocycles. The van der Waals surface area contributed by atoms with Crippen molar-refractivity contribution >= 4 is 63.7 Å². The third-order valence-corrected chi connectivity index (χ3v) is 4.82. The van der Waals surface area contributed by atoms with Crippen molar-refractivity contribution < 1.29 is 0 Å². The highest BCUT2D eigenvalue weighted by Crippen LogP contribution is 2.27. The van der Waals surface area contributed by atoms with Gasteiger partial charge >= 0.3 is 0 Å². The van der Waals surface area contributed by atoms with E-state index in [-0.39, 0.29) is 0 Å².